The summed E-state index contributed by atoms with van der Waals surface area (Å²) in [5, 5.41) is 13.2. The number of nitrogens with one attached hydrogen (secondary N) is 3. The number of carbonyl (C=O) groups excluding carboxylic acids is 1. The van der Waals surface area contributed by atoms with Gasteiger partial charge < -0.3 is 15.4 Å². The Labute approximate surface area is 179 Å². The number of aromatic nitrogens is 2. The minimum Gasteiger partial charge on any atom is -0.497 e. The predicted octanol–water partition coefficient (Wildman–Crippen LogP) is 5.16. The lowest BCUT2D eigenvalue weighted by Gasteiger charge is -2.09. The Morgan fingerprint density at radius 3 is 2.29 bits per heavy atom. The molecule has 1 heterocycles. The number of benzene rings is 3. The lowest BCUT2D eigenvalue weighted by Crippen LogP contribution is -2.13. The van der Waals surface area contributed by atoms with Gasteiger partial charge in [-0.25, -0.2) is 4.99 Å². The van der Waals surface area contributed by atoms with Crippen molar-refractivity contribution in [2.75, 3.05) is 17.7 Å². The molecule has 0 saturated heterocycles. The van der Waals surface area contributed by atoms with Crippen LogP contribution in [0.25, 0.3) is 0 Å². The highest BCUT2D eigenvalue weighted by molar-refractivity contribution is 6.11. The molecule has 154 valence electrons. The highest BCUT2D eigenvalue weighted by atomic mass is 16.5. The predicted molar refractivity (Wildman–Crippen MR) is 123 cm³/mol. The number of hydrogen-bond donors (Lipinski definition) is 3. The van der Waals surface area contributed by atoms with Gasteiger partial charge in [-0.05, 0) is 42.0 Å². The van der Waals surface area contributed by atoms with Crippen molar-refractivity contribution >= 4 is 35.1 Å². The summed E-state index contributed by atoms with van der Waals surface area (Å²) in [7, 11) is 1.61. The van der Waals surface area contributed by atoms with Crippen LogP contribution in [0.4, 0.5) is 23.0 Å². The average molecular weight is 411 g/mol. The smallest absolute Gasteiger partial charge is 0.263 e. The van der Waals surface area contributed by atoms with E-state index >= 15 is 0 Å². The Balaban J connectivity index is 1.65. The first-order chi connectivity index (χ1) is 15.2. The van der Waals surface area contributed by atoms with Crippen molar-refractivity contribution in [2.24, 2.45) is 4.99 Å². The van der Waals surface area contributed by atoms with E-state index in [-0.39, 0.29) is 11.7 Å². The molecule has 1 amide bonds. The molecule has 7 nitrogen and oxygen atoms in total. The molecule has 3 N–H and O–H groups in total. The number of methoxy groups -OCH3 is 1. The first-order valence-corrected chi connectivity index (χ1v) is 9.68. The molecule has 0 unspecified atom stereocenters. The summed E-state index contributed by atoms with van der Waals surface area (Å²) in [4.78, 5) is 17.6. The van der Waals surface area contributed by atoms with Crippen LogP contribution in [0.5, 0.6) is 5.75 Å². The molecule has 0 radical (unpaired) electrons. The number of carbonyl (C=O) groups is 1. The highest BCUT2D eigenvalue weighted by Crippen LogP contribution is 2.28. The van der Waals surface area contributed by atoms with Crippen LogP contribution in [0.2, 0.25) is 0 Å². The van der Waals surface area contributed by atoms with E-state index < -0.39 is 0 Å². The standard InChI is InChI=1S/C24H21N5O2/c1-31-20-14-12-19(13-15-20)26-23-21(24(30)27-18-10-6-3-7-11-18)22(28-29-23)25-16-17-8-4-2-5-9-17/h2-16H,1H3,(H,27,30)(H2,26,28,29). The van der Waals surface area contributed by atoms with Crippen LogP contribution in [-0.2, 0) is 0 Å². The Morgan fingerprint density at radius 2 is 1.61 bits per heavy atom. The third kappa shape index (κ3) is 4.97. The van der Waals surface area contributed by atoms with Gasteiger partial charge in [-0.2, -0.15) is 5.10 Å². The van der Waals surface area contributed by atoms with Crippen molar-refractivity contribution in [1.29, 1.82) is 0 Å². The maximum absolute atomic E-state index is 13.1. The van der Waals surface area contributed by atoms with E-state index in [0.717, 1.165) is 17.0 Å². The molecule has 1 aromatic heterocycles. The maximum Gasteiger partial charge on any atom is 0.263 e. The van der Waals surface area contributed by atoms with E-state index in [4.69, 9.17) is 4.74 Å². The van der Waals surface area contributed by atoms with Crippen LogP contribution in [0.1, 0.15) is 15.9 Å². The second-order valence-corrected chi connectivity index (χ2v) is 6.64. The fourth-order valence-corrected chi connectivity index (χ4v) is 2.94. The summed E-state index contributed by atoms with van der Waals surface area (Å²) >= 11 is 0. The van der Waals surface area contributed by atoms with Gasteiger partial charge in [0.05, 0.1) is 7.11 Å². The van der Waals surface area contributed by atoms with Crippen LogP contribution in [0.15, 0.2) is 89.9 Å². The minimum absolute atomic E-state index is 0.285. The summed E-state index contributed by atoms with van der Waals surface area (Å²) in [5.74, 6) is 1.15. The van der Waals surface area contributed by atoms with Crippen LogP contribution in [0.3, 0.4) is 0 Å². The topological polar surface area (TPSA) is 91.4 Å². The number of aliphatic imine (C=N–C) groups is 1. The Bertz CT molecular complexity index is 1170. The van der Waals surface area contributed by atoms with E-state index in [1.807, 2.05) is 84.9 Å². The van der Waals surface area contributed by atoms with E-state index in [1.165, 1.54) is 0 Å². The molecule has 0 bridgehead atoms. The van der Waals surface area contributed by atoms with Gasteiger partial charge in [-0.3, -0.25) is 9.89 Å². The fraction of sp³-hybridized carbons (Fsp3) is 0.0417. The van der Waals surface area contributed by atoms with Gasteiger partial charge in [0.1, 0.15) is 17.1 Å². The molecule has 0 aliphatic heterocycles. The number of ether oxygens (including phenoxy) is 1. The van der Waals surface area contributed by atoms with Crippen molar-refractivity contribution in [3.05, 3.63) is 96.1 Å². The van der Waals surface area contributed by atoms with Gasteiger partial charge in [0.15, 0.2) is 5.82 Å². The van der Waals surface area contributed by atoms with E-state index in [0.29, 0.717) is 17.1 Å². The summed E-state index contributed by atoms with van der Waals surface area (Å²) in [6.07, 6.45) is 1.67. The summed E-state index contributed by atoms with van der Waals surface area (Å²) in [6, 6.07) is 26.2. The highest BCUT2D eigenvalue weighted by Gasteiger charge is 2.21. The van der Waals surface area contributed by atoms with Crippen molar-refractivity contribution < 1.29 is 9.53 Å². The van der Waals surface area contributed by atoms with E-state index in [9.17, 15) is 4.79 Å². The second kappa shape index (κ2) is 9.41. The van der Waals surface area contributed by atoms with Gasteiger partial charge in [-0.15, -0.1) is 0 Å². The molecule has 3 aromatic carbocycles. The van der Waals surface area contributed by atoms with Crippen LogP contribution in [0, 0.1) is 0 Å². The van der Waals surface area contributed by atoms with Crippen LogP contribution < -0.4 is 15.4 Å². The third-order valence-corrected chi connectivity index (χ3v) is 4.50. The molecular weight excluding hydrogens is 390 g/mol. The molecule has 0 fully saturated rings. The van der Waals surface area contributed by atoms with Crippen LogP contribution in [-0.4, -0.2) is 29.4 Å². The summed E-state index contributed by atoms with van der Waals surface area (Å²) in [6.45, 7) is 0. The molecule has 4 aromatic rings. The zero-order valence-corrected chi connectivity index (χ0v) is 16.9. The number of H-pyrrole nitrogens is 1. The molecule has 7 heteroatoms. The summed E-state index contributed by atoms with van der Waals surface area (Å²) in [5.41, 5.74) is 2.68. The number of anilines is 3. The lowest BCUT2D eigenvalue weighted by molar-refractivity contribution is 0.102. The Kier molecular flexibility index (Phi) is 6.04. The van der Waals surface area contributed by atoms with Gasteiger partial charge >= 0.3 is 0 Å². The third-order valence-electron chi connectivity index (χ3n) is 4.50. The number of rotatable bonds is 7. The summed E-state index contributed by atoms with van der Waals surface area (Å²) < 4.78 is 5.19. The first-order valence-electron chi connectivity index (χ1n) is 9.68. The van der Waals surface area contributed by atoms with Crippen molar-refractivity contribution in [2.45, 2.75) is 0 Å². The molecule has 0 aliphatic carbocycles. The Hall–Kier alpha value is -4.39. The molecule has 0 saturated carbocycles. The number of hydrogen-bond acceptors (Lipinski definition) is 5. The van der Waals surface area contributed by atoms with E-state index in [1.54, 1.807) is 13.3 Å². The molecule has 0 atom stereocenters. The normalized spacial score (nSPS) is 10.7. The largest absolute Gasteiger partial charge is 0.497 e. The molecule has 0 spiro atoms. The minimum atomic E-state index is -0.323. The van der Waals surface area contributed by atoms with E-state index in [2.05, 4.69) is 25.8 Å². The van der Waals surface area contributed by atoms with Gasteiger partial charge in [0, 0.05) is 17.6 Å². The number of aromatic amines is 1. The quantitative estimate of drug-likeness (QED) is 0.366. The maximum atomic E-state index is 13.1. The lowest BCUT2D eigenvalue weighted by atomic mass is 10.2. The van der Waals surface area contributed by atoms with Gasteiger partial charge in [0.2, 0.25) is 0 Å². The van der Waals surface area contributed by atoms with Crippen molar-refractivity contribution in [3.8, 4) is 5.75 Å². The molecular formula is C24H21N5O2. The SMILES string of the molecule is COc1ccc(Nc2[nH]nc(N=Cc3ccccc3)c2C(=O)Nc2ccccc2)cc1. The second-order valence-electron chi connectivity index (χ2n) is 6.64. The fourth-order valence-electron chi connectivity index (χ4n) is 2.94. The van der Waals surface area contributed by atoms with Gasteiger partial charge in [0.25, 0.3) is 5.91 Å². The zero-order valence-electron chi connectivity index (χ0n) is 16.9. The Morgan fingerprint density at radius 1 is 0.935 bits per heavy atom. The number of nitrogens with zero attached hydrogens (tertiary/aromatic N) is 2. The van der Waals surface area contributed by atoms with Gasteiger partial charge in [-0.1, -0.05) is 48.5 Å². The molecule has 31 heavy (non-hydrogen) atoms. The zero-order chi connectivity index (χ0) is 21.5. The van der Waals surface area contributed by atoms with Crippen LogP contribution >= 0.6 is 0 Å². The van der Waals surface area contributed by atoms with Crippen molar-refractivity contribution in [1.82, 2.24) is 10.2 Å². The first kappa shape index (κ1) is 19.9. The van der Waals surface area contributed by atoms with Crippen molar-refractivity contribution in [3.63, 3.8) is 0 Å². The molecule has 4 rings (SSSR count). The number of para-hydroxylation sites is 1. The monoisotopic (exact) mass is 411 g/mol. The average Bonchev–Trinajstić information content (AvgIpc) is 3.22. The number of amides is 1. The molecule has 0 aliphatic rings.